The first-order valence-electron chi connectivity index (χ1n) is 9.00. The lowest BCUT2D eigenvalue weighted by Crippen LogP contribution is -1.99. The molecule has 142 valence electrons. The average Bonchev–Trinajstić information content (AvgIpc) is 3.15. The first kappa shape index (κ1) is 18.4. The van der Waals surface area contributed by atoms with Crippen LogP contribution >= 0.6 is 0 Å². The summed E-state index contributed by atoms with van der Waals surface area (Å²) in [6, 6.07) is 19.7. The fourth-order valence-corrected chi connectivity index (χ4v) is 3.08. The molecule has 0 fully saturated rings. The van der Waals surface area contributed by atoms with Gasteiger partial charge in [0.05, 0.1) is 29.3 Å². The molecule has 0 spiro atoms. The molecular formula is C23H17FN4O. The number of nitrogens with zero attached hydrogens (tertiary/aromatic N) is 4. The van der Waals surface area contributed by atoms with Crippen molar-refractivity contribution >= 4 is 0 Å². The van der Waals surface area contributed by atoms with E-state index >= 15 is 0 Å². The summed E-state index contributed by atoms with van der Waals surface area (Å²) >= 11 is 0. The molecule has 2 aromatic carbocycles. The summed E-state index contributed by atoms with van der Waals surface area (Å²) in [4.78, 5) is 8.78. The molecule has 0 aliphatic rings. The van der Waals surface area contributed by atoms with Gasteiger partial charge in [0.15, 0.2) is 11.6 Å². The van der Waals surface area contributed by atoms with Crippen molar-refractivity contribution in [2.75, 3.05) is 0 Å². The van der Waals surface area contributed by atoms with Gasteiger partial charge in [0, 0.05) is 18.8 Å². The number of rotatable bonds is 5. The standard InChI is InChI=1S/C23H17FN4O/c1-28-15-27-22(20-11-17(13-25)9-10-26-20)23(28)18-7-8-19(24)21(12-18)29-14-16-5-3-2-4-6-16/h2-12,15H,14H2,1H3. The minimum Gasteiger partial charge on any atom is -0.486 e. The minimum absolute atomic E-state index is 0.164. The average molecular weight is 384 g/mol. The highest BCUT2D eigenvalue weighted by atomic mass is 19.1. The van der Waals surface area contributed by atoms with Crippen molar-refractivity contribution in [2.45, 2.75) is 6.61 Å². The largest absolute Gasteiger partial charge is 0.486 e. The van der Waals surface area contributed by atoms with Crippen molar-refractivity contribution in [1.29, 1.82) is 5.26 Å². The topological polar surface area (TPSA) is 63.7 Å². The van der Waals surface area contributed by atoms with Crippen molar-refractivity contribution in [3.63, 3.8) is 0 Å². The number of hydrogen-bond donors (Lipinski definition) is 0. The lowest BCUT2D eigenvalue weighted by Gasteiger charge is -2.11. The van der Waals surface area contributed by atoms with Crippen LogP contribution in [0.15, 0.2) is 73.2 Å². The Morgan fingerprint density at radius 2 is 1.90 bits per heavy atom. The number of benzene rings is 2. The minimum atomic E-state index is -0.432. The fraction of sp³-hybridized carbons (Fsp3) is 0.0870. The molecule has 2 aromatic heterocycles. The molecule has 0 saturated heterocycles. The second kappa shape index (κ2) is 7.95. The molecule has 0 saturated carbocycles. The van der Waals surface area contributed by atoms with Crippen LogP contribution in [0.2, 0.25) is 0 Å². The number of hydrogen-bond acceptors (Lipinski definition) is 4. The van der Waals surface area contributed by atoms with E-state index in [1.807, 2.05) is 41.9 Å². The second-order valence-electron chi connectivity index (χ2n) is 6.51. The number of aryl methyl sites for hydroxylation is 1. The summed E-state index contributed by atoms with van der Waals surface area (Å²) < 4.78 is 21.9. The molecule has 0 bridgehead atoms. The zero-order valence-corrected chi connectivity index (χ0v) is 15.7. The number of halogens is 1. The van der Waals surface area contributed by atoms with Gasteiger partial charge in [-0.3, -0.25) is 4.98 Å². The summed E-state index contributed by atoms with van der Waals surface area (Å²) in [7, 11) is 1.85. The molecule has 2 heterocycles. The molecule has 0 N–H and O–H groups in total. The number of pyridine rings is 1. The van der Waals surface area contributed by atoms with E-state index in [0.29, 0.717) is 17.0 Å². The SMILES string of the molecule is Cn1cnc(-c2cc(C#N)ccn2)c1-c1ccc(F)c(OCc2ccccc2)c1. The Labute approximate surface area is 167 Å². The molecule has 0 aliphatic heterocycles. The molecule has 29 heavy (non-hydrogen) atoms. The van der Waals surface area contributed by atoms with Crippen LogP contribution in [0.5, 0.6) is 5.75 Å². The normalized spacial score (nSPS) is 10.5. The van der Waals surface area contributed by atoms with E-state index in [0.717, 1.165) is 16.8 Å². The highest BCUT2D eigenvalue weighted by Gasteiger charge is 2.17. The Balaban J connectivity index is 1.70. The highest BCUT2D eigenvalue weighted by molar-refractivity contribution is 5.78. The zero-order chi connectivity index (χ0) is 20.2. The molecule has 5 nitrogen and oxygen atoms in total. The van der Waals surface area contributed by atoms with Gasteiger partial charge in [-0.2, -0.15) is 5.26 Å². The lowest BCUT2D eigenvalue weighted by atomic mass is 10.1. The molecule has 0 unspecified atom stereocenters. The van der Waals surface area contributed by atoms with Crippen LogP contribution in [0.3, 0.4) is 0 Å². The van der Waals surface area contributed by atoms with Gasteiger partial charge in [0.1, 0.15) is 12.3 Å². The molecular weight excluding hydrogens is 367 g/mol. The first-order chi connectivity index (χ1) is 14.2. The number of ether oxygens (including phenoxy) is 1. The highest BCUT2D eigenvalue weighted by Crippen LogP contribution is 2.33. The third-order valence-corrected chi connectivity index (χ3v) is 4.51. The van der Waals surface area contributed by atoms with E-state index in [9.17, 15) is 4.39 Å². The van der Waals surface area contributed by atoms with E-state index in [1.54, 1.807) is 36.8 Å². The lowest BCUT2D eigenvalue weighted by molar-refractivity contribution is 0.290. The summed E-state index contributed by atoms with van der Waals surface area (Å²) in [6.45, 7) is 0.269. The molecule has 4 aromatic rings. The van der Waals surface area contributed by atoms with Crippen LogP contribution in [0.1, 0.15) is 11.1 Å². The van der Waals surface area contributed by atoms with Crippen molar-refractivity contribution in [3.05, 3.63) is 90.1 Å². The van der Waals surface area contributed by atoms with Crippen molar-refractivity contribution in [1.82, 2.24) is 14.5 Å². The Kier molecular flexibility index (Phi) is 5.04. The summed E-state index contributed by atoms with van der Waals surface area (Å²) in [5.41, 5.74) is 4.15. The van der Waals surface area contributed by atoms with E-state index < -0.39 is 5.82 Å². The maximum Gasteiger partial charge on any atom is 0.165 e. The zero-order valence-electron chi connectivity index (χ0n) is 15.7. The predicted octanol–water partition coefficient (Wildman–Crippen LogP) is 4.74. The molecule has 4 rings (SSSR count). The maximum absolute atomic E-state index is 14.3. The number of imidazole rings is 1. The molecule has 0 radical (unpaired) electrons. The van der Waals surface area contributed by atoms with Crippen LogP contribution in [0.25, 0.3) is 22.6 Å². The van der Waals surface area contributed by atoms with E-state index in [1.165, 1.54) is 6.07 Å². The first-order valence-corrected chi connectivity index (χ1v) is 9.00. The molecule has 0 aliphatic carbocycles. The third-order valence-electron chi connectivity index (χ3n) is 4.51. The van der Waals surface area contributed by atoms with Gasteiger partial charge in [0.25, 0.3) is 0 Å². The van der Waals surface area contributed by atoms with Gasteiger partial charge in [-0.05, 0) is 35.9 Å². The second-order valence-corrected chi connectivity index (χ2v) is 6.51. The van der Waals surface area contributed by atoms with Crippen molar-refractivity contribution < 1.29 is 9.13 Å². The quantitative estimate of drug-likeness (QED) is 0.499. The van der Waals surface area contributed by atoms with Crippen LogP contribution in [-0.2, 0) is 13.7 Å². The monoisotopic (exact) mass is 384 g/mol. The molecule has 0 atom stereocenters. The van der Waals surface area contributed by atoms with Crippen molar-refractivity contribution in [2.24, 2.45) is 7.05 Å². The van der Waals surface area contributed by atoms with Gasteiger partial charge in [-0.1, -0.05) is 30.3 Å². The van der Waals surface area contributed by atoms with E-state index in [-0.39, 0.29) is 12.4 Å². The Bertz CT molecular complexity index is 1200. The van der Waals surface area contributed by atoms with Gasteiger partial charge in [0.2, 0.25) is 0 Å². The van der Waals surface area contributed by atoms with E-state index in [2.05, 4.69) is 16.0 Å². The van der Waals surface area contributed by atoms with Crippen LogP contribution in [0, 0.1) is 17.1 Å². The Morgan fingerprint density at radius 3 is 2.69 bits per heavy atom. The van der Waals surface area contributed by atoms with Crippen molar-refractivity contribution in [3.8, 4) is 34.5 Å². The summed E-state index contributed by atoms with van der Waals surface area (Å²) in [6.07, 6.45) is 3.24. The van der Waals surface area contributed by atoms with Gasteiger partial charge in [-0.25, -0.2) is 9.37 Å². The predicted molar refractivity (Wildman–Crippen MR) is 107 cm³/mol. The maximum atomic E-state index is 14.3. The Morgan fingerprint density at radius 1 is 1.07 bits per heavy atom. The fourth-order valence-electron chi connectivity index (χ4n) is 3.08. The summed E-state index contributed by atoms with van der Waals surface area (Å²) in [5, 5.41) is 9.16. The molecule has 6 heteroatoms. The summed E-state index contributed by atoms with van der Waals surface area (Å²) in [5.74, 6) is -0.268. The van der Waals surface area contributed by atoms with Gasteiger partial charge >= 0.3 is 0 Å². The van der Waals surface area contributed by atoms with Crippen LogP contribution < -0.4 is 4.74 Å². The van der Waals surface area contributed by atoms with Gasteiger partial charge in [-0.15, -0.1) is 0 Å². The smallest absolute Gasteiger partial charge is 0.165 e. The van der Waals surface area contributed by atoms with Gasteiger partial charge < -0.3 is 9.30 Å². The Hall–Kier alpha value is -3.98. The van der Waals surface area contributed by atoms with Crippen LogP contribution in [-0.4, -0.2) is 14.5 Å². The third kappa shape index (κ3) is 3.85. The number of aromatic nitrogens is 3. The molecule has 0 amide bonds. The number of nitriles is 1. The van der Waals surface area contributed by atoms with Crippen LogP contribution in [0.4, 0.5) is 4.39 Å². The van der Waals surface area contributed by atoms with E-state index in [4.69, 9.17) is 10.00 Å².